The zero-order chi connectivity index (χ0) is 14.3. The van der Waals surface area contributed by atoms with Crippen molar-refractivity contribution < 1.29 is 0 Å². The first-order valence-corrected chi connectivity index (χ1v) is 7.80. The van der Waals surface area contributed by atoms with Crippen molar-refractivity contribution in [3.63, 3.8) is 0 Å². The quantitative estimate of drug-likeness (QED) is 0.526. The van der Waals surface area contributed by atoms with Gasteiger partial charge in [-0.1, -0.05) is 22.0 Å². The molecule has 1 heterocycles. The lowest BCUT2D eigenvalue weighted by Gasteiger charge is -2.05. The monoisotopic (exact) mass is 437 g/mol. The molecule has 0 amide bonds. The molecule has 0 saturated heterocycles. The van der Waals surface area contributed by atoms with Gasteiger partial charge in [-0.05, 0) is 52.9 Å². The van der Waals surface area contributed by atoms with Crippen molar-refractivity contribution in [2.24, 2.45) is 7.05 Å². The summed E-state index contributed by atoms with van der Waals surface area (Å²) in [5.74, 6) is 0.855. The van der Waals surface area contributed by atoms with Crippen LogP contribution in [-0.2, 0) is 7.05 Å². The number of nitriles is 1. The number of nitrogens with zero attached hydrogens (tertiary/aromatic N) is 3. The second-order valence-corrected chi connectivity index (χ2v) is 6.50. The van der Waals surface area contributed by atoms with Crippen LogP contribution in [0.5, 0.6) is 0 Å². The number of benzene rings is 2. The molecule has 0 spiro atoms. The Balaban J connectivity index is 2.36. The molecule has 3 nitrogen and oxygen atoms in total. The summed E-state index contributed by atoms with van der Waals surface area (Å²) in [6, 6.07) is 14.0. The van der Waals surface area contributed by atoms with Gasteiger partial charge in [-0.15, -0.1) is 0 Å². The second kappa shape index (κ2) is 5.19. The minimum Gasteiger partial charge on any atom is -0.327 e. The SMILES string of the molecule is Cn1c(-c2cc(I)ccc2Br)nc2c(C#N)cccc21. The molecule has 5 heteroatoms. The lowest BCUT2D eigenvalue weighted by molar-refractivity contribution is 0.958. The van der Waals surface area contributed by atoms with E-state index < -0.39 is 0 Å². The molecule has 0 aliphatic rings. The molecule has 0 saturated carbocycles. The van der Waals surface area contributed by atoms with Crippen molar-refractivity contribution in [2.75, 3.05) is 0 Å². The summed E-state index contributed by atoms with van der Waals surface area (Å²) in [5.41, 5.74) is 3.34. The van der Waals surface area contributed by atoms with Gasteiger partial charge in [0, 0.05) is 20.7 Å². The van der Waals surface area contributed by atoms with Crippen LogP contribution in [0, 0.1) is 14.9 Å². The fourth-order valence-corrected chi connectivity index (χ4v) is 3.13. The molecule has 20 heavy (non-hydrogen) atoms. The molecule has 0 aliphatic heterocycles. The van der Waals surface area contributed by atoms with Crippen LogP contribution < -0.4 is 0 Å². The predicted molar refractivity (Wildman–Crippen MR) is 91.3 cm³/mol. The van der Waals surface area contributed by atoms with E-state index in [9.17, 15) is 5.26 Å². The molecular formula is C15H9BrIN3. The van der Waals surface area contributed by atoms with E-state index >= 15 is 0 Å². The summed E-state index contributed by atoms with van der Waals surface area (Å²) in [7, 11) is 1.97. The van der Waals surface area contributed by atoms with E-state index in [2.05, 4.69) is 55.6 Å². The van der Waals surface area contributed by atoms with E-state index in [0.29, 0.717) is 5.56 Å². The topological polar surface area (TPSA) is 41.6 Å². The molecule has 0 unspecified atom stereocenters. The van der Waals surface area contributed by atoms with Crippen LogP contribution in [0.15, 0.2) is 40.9 Å². The maximum atomic E-state index is 9.20. The molecule has 3 aromatic rings. The smallest absolute Gasteiger partial charge is 0.142 e. The fraction of sp³-hybridized carbons (Fsp3) is 0.0667. The maximum absolute atomic E-state index is 9.20. The average molecular weight is 438 g/mol. The third kappa shape index (κ3) is 2.13. The molecular weight excluding hydrogens is 429 g/mol. The first kappa shape index (κ1) is 13.6. The summed E-state index contributed by atoms with van der Waals surface area (Å²) in [6.07, 6.45) is 0. The summed E-state index contributed by atoms with van der Waals surface area (Å²) in [5, 5.41) is 9.20. The first-order chi connectivity index (χ1) is 9.61. The van der Waals surface area contributed by atoms with Gasteiger partial charge in [0.25, 0.3) is 0 Å². The highest BCUT2D eigenvalue weighted by atomic mass is 127. The summed E-state index contributed by atoms with van der Waals surface area (Å²) in [6.45, 7) is 0. The van der Waals surface area contributed by atoms with E-state index in [1.165, 1.54) is 0 Å². The maximum Gasteiger partial charge on any atom is 0.142 e. The van der Waals surface area contributed by atoms with Gasteiger partial charge in [-0.2, -0.15) is 5.26 Å². The van der Waals surface area contributed by atoms with E-state index in [1.807, 2.05) is 35.9 Å². The largest absolute Gasteiger partial charge is 0.327 e. The van der Waals surface area contributed by atoms with Crippen LogP contribution >= 0.6 is 38.5 Å². The zero-order valence-corrected chi connectivity index (χ0v) is 14.3. The number of halogens is 2. The van der Waals surface area contributed by atoms with Crippen LogP contribution in [-0.4, -0.2) is 9.55 Å². The van der Waals surface area contributed by atoms with E-state index in [-0.39, 0.29) is 0 Å². The Morgan fingerprint density at radius 1 is 1.30 bits per heavy atom. The number of aromatic nitrogens is 2. The van der Waals surface area contributed by atoms with Gasteiger partial charge in [0.05, 0.1) is 11.1 Å². The third-order valence-corrected chi connectivity index (χ3v) is 4.56. The molecule has 2 aromatic carbocycles. The van der Waals surface area contributed by atoms with Gasteiger partial charge < -0.3 is 4.57 Å². The molecule has 0 atom stereocenters. The molecule has 0 bridgehead atoms. The van der Waals surface area contributed by atoms with Crippen LogP contribution in [0.25, 0.3) is 22.4 Å². The van der Waals surface area contributed by atoms with Crippen LogP contribution in [0.1, 0.15) is 5.56 Å². The fourth-order valence-electron chi connectivity index (χ4n) is 2.21. The number of hydrogen-bond acceptors (Lipinski definition) is 2. The Morgan fingerprint density at radius 3 is 2.85 bits per heavy atom. The van der Waals surface area contributed by atoms with Crippen molar-refractivity contribution in [3.05, 3.63) is 50.0 Å². The van der Waals surface area contributed by atoms with Crippen molar-refractivity contribution >= 4 is 49.6 Å². The minimum absolute atomic E-state index is 0.603. The zero-order valence-electron chi connectivity index (χ0n) is 10.6. The summed E-state index contributed by atoms with van der Waals surface area (Å²) in [4.78, 5) is 4.66. The standard InChI is InChI=1S/C15H9BrIN3/c1-20-13-4-2-3-9(8-18)14(13)19-15(20)11-7-10(17)5-6-12(11)16/h2-7H,1H3. The van der Waals surface area contributed by atoms with Crippen molar-refractivity contribution in [3.8, 4) is 17.5 Å². The Hall–Kier alpha value is -1.39. The Labute approximate surface area is 138 Å². The number of para-hydroxylation sites is 1. The van der Waals surface area contributed by atoms with Gasteiger partial charge in [-0.25, -0.2) is 4.98 Å². The predicted octanol–water partition coefficient (Wildman–Crippen LogP) is 4.48. The van der Waals surface area contributed by atoms with Gasteiger partial charge in [-0.3, -0.25) is 0 Å². The van der Waals surface area contributed by atoms with Gasteiger partial charge in [0.1, 0.15) is 17.4 Å². The average Bonchev–Trinajstić information content (AvgIpc) is 2.79. The molecule has 98 valence electrons. The number of fused-ring (bicyclic) bond motifs is 1. The van der Waals surface area contributed by atoms with Crippen LogP contribution in [0.4, 0.5) is 0 Å². The molecule has 3 rings (SSSR count). The lowest BCUT2D eigenvalue weighted by Crippen LogP contribution is -1.93. The van der Waals surface area contributed by atoms with Gasteiger partial charge in [0.15, 0.2) is 0 Å². The lowest BCUT2D eigenvalue weighted by atomic mass is 10.2. The molecule has 1 aromatic heterocycles. The van der Waals surface area contributed by atoms with Gasteiger partial charge >= 0.3 is 0 Å². The van der Waals surface area contributed by atoms with E-state index in [1.54, 1.807) is 6.07 Å². The second-order valence-electron chi connectivity index (χ2n) is 4.40. The summed E-state index contributed by atoms with van der Waals surface area (Å²) < 4.78 is 4.16. The van der Waals surface area contributed by atoms with Crippen molar-refractivity contribution in [1.82, 2.24) is 9.55 Å². The Kier molecular flexibility index (Phi) is 3.52. The number of rotatable bonds is 1. The third-order valence-electron chi connectivity index (χ3n) is 3.20. The minimum atomic E-state index is 0.603. The van der Waals surface area contributed by atoms with E-state index in [4.69, 9.17) is 0 Å². The number of imidazole rings is 1. The number of aryl methyl sites for hydroxylation is 1. The van der Waals surface area contributed by atoms with Crippen LogP contribution in [0.3, 0.4) is 0 Å². The van der Waals surface area contributed by atoms with E-state index in [0.717, 1.165) is 30.5 Å². The first-order valence-electron chi connectivity index (χ1n) is 5.93. The highest BCUT2D eigenvalue weighted by molar-refractivity contribution is 14.1. The number of hydrogen-bond donors (Lipinski definition) is 0. The van der Waals surface area contributed by atoms with Gasteiger partial charge in [0.2, 0.25) is 0 Å². The summed E-state index contributed by atoms with van der Waals surface area (Å²) >= 11 is 5.86. The molecule has 0 fully saturated rings. The Bertz CT molecular complexity index is 861. The molecule has 0 aliphatic carbocycles. The molecule has 0 N–H and O–H groups in total. The highest BCUT2D eigenvalue weighted by Gasteiger charge is 2.14. The highest BCUT2D eigenvalue weighted by Crippen LogP contribution is 2.31. The van der Waals surface area contributed by atoms with Crippen molar-refractivity contribution in [1.29, 1.82) is 5.26 Å². The van der Waals surface area contributed by atoms with Crippen LogP contribution in [0.2, 0.25) is 0 Å². The normalized spacial score (nSPS) is 10.7. The van der Waals surface area contributed by atoms with Crippen molar-refractivity contribution in [2.45, 2.75) is 0 Å². The Morgan fingerprint density at radius 2 is 2.10 bits per heavy atom. The molecule has 0 radical (unpaired) electrons.